The number of nitrogen functional groups attached to an aromatic ring is 1. The summed E-state index contributed by atoms with van der Waals surface area (Å²) < 4.78 is 4.25. The minimum Gasteiger partial charge on any atom is -0.383 e. The highest BCUT2D eigenvalue weighted by molar-refractivity contribution is 7.98. The van der Waals surface area contributed by atoms with E-state index in [4.69, 9.17) is 5.73 Å². The summed E-state index contributed by atoms with van der Waals surface area (Å²) >= 11 is 1.62. The van der Waals surface area contributed by atoms with Gasteiger partial charge in [-0.1, -0.05) is 30.3 Å². The van der Waals surface area contributed by atoms with Crippen LogP contribution >= 0.6 is 11.9 Å². The van der Waals surface area contributed by atoms with Crippen molar-refractivity contribution < 1.29 is 0 Å². The third kappa shape index (κ3) is 2.33. The number of aromatic nitrogens is 2. The first-order chi connectivity index (χ1) is 10.8. The van der Waals surface area contributed by atoms with Crippen molar-refractivity contribution in [2.75, 3.05) is 11.5 Å². The van der Waals surface area contributed by atoms with Gasteiger partial charge < -0.3 is 5.73 Å². The van der Waals surface area contributed by atoms with Crippen molar-refractivity contribution in [2.24, 2.45) is 4.40 Å². The van der Waals surface area contributed by atoms with E-state index in [0.717, 1.165) is 22.2 Å². The first-order valence-electron chi connectivity index (χ1n) is 7.07. The van der Waals surface area contributed by atoms with Gasteiger partial charge in [0.05, 0.1) is 5.52 Å². The van der Waals surface area contributed by atoms with Crippen molar-refractivity contribution in [1.29, 1.82) is 0 Å². The Bertz CT molecular complexity index is 875. The van der Waals surface area contributed by atoms with Gasteiger partial charge in [0.2, 0.25) is 0 Å². The van der Waals surface area contributed by atoms with Gasteiger partial charge in [0.1, 0.15) is 12.1 Å². The quantitative estimate of drug-likeness (QED) is 0.733. The molecule has 0 bridgehead atoms. The number of hydrogen-bond donors (Lipinski definition) is 1. The van der Waals surface area contributed by atoms with Crippen LogP contribution in [0.25, 0.3) is 22.0 Å². The van der Waals surface area contributed by atoms with Crippen LogP contribution < -0.4 is 5.73 Å². The molecule has 0 spiro atoms. The van der Waals surface area contributed by atoms with Crippen LogP contribution in [0.15, 0.2) is 53.2 Å². The molecule has 1 aliphatic rings. The van der Waals surface area contributed by atoms with Gasteiger partial charge in [-0.25, -0.2) is 14.4 Å². The van der Waals surface area contributed by atoms with Gasteiger partial charge in [0, 0.05) is 23.3 Å². The molecule has 0 aliphatic carbocycles. The molecule has 0 saturated heterocycles. The monoisotopic (exact) mass is 306 g/mol. The maximum absolute atomic E-state index is 5.96. The standard InChI is InChI=1S/C17H14N4S/c18-17-15-7-13(4-5-16(15)19-10-20-17)11-2-1-3-12(6-11)14-8-21-22-9-14/h1-8,10,14H,9H2,(H2,18,19,20)/t14-/m1/s1. The summed E-state index contributed by atoms with van der Waals surface area (Å²) in [5, 5.41) is 0.892. The molecule has 2 heterocycles. The zero-order valence-electron chi connectivity index (χ0n) is 11.8. The predicted molar refractivity (Wildman–Crippen MR) is 93.1 cm³/mol. The van der Waals surface area contributed by atoms with E-state index in [1.807, 2.05) is 12.3 Å². The molecule has 2 aromatic carbocycles. The average molecular weight is 306 g/mol. The molecule has 108 valence electrons. The first kappa shape index (κ1) is 13.3. The van der Waals surface area contributed by atoms with Crippen molar-refractivity contribution in [3.05, 3.63) is 54.4 Å². The second kappa shape index (κ2) is 5.42. The lowest BCUT2D eigenvalue weighted by Gasteiger charge is -2.10. The van der Waals surface area contributed by atoms with Crippen LogP contribution in [0, 0.1) is 0 Å². The van der Waals surface area contributed by atoms with Crippen LogP contribution in [-0.4, -0.2) is 21.9 Å². The third-order valence-corrected chi connectivity index (χ3v) is 4.66. The van der Waals surface area contributed by atoms with Crippen molar-refractivity contribution in [2.45, 2.75) is 5.92 Å². The van der Waals surface area contributed by atoms with E-state index in [-0.39, 0.29) is 0 Å². The van der Waals surface area contributed by atoms with E-state index in [9.17, 15) is 0 Å². The highest BCUT2D eigenvalue weighted by atomic mass is 32.2. The van der Waals surface area contributed by atoms with Crippen LogP contribution in [0.2, 0.25) is 0 Å². The zero-order valence-corrected chi connectivity index (χ0v) is 12.6. The molecule has 0 amide bonds. The Kier molecular flexibility index (Phi) is 3.27. The summed E-state index contributed by atoms with van der Waals surface area (Å²) in [7, 11) is 0. The maximum Gasteiger partial charge on any atom is 0.134 e. The molecule has 2 N–H and O–H groups in total. The molecule has 1 aromatic heterocycles. The Morgan fingerprint density at radius 1 is 1.05 bits per heavy atom. The number of fused-ring (bicyclic) bond motifs is 1. The van der Waals surface area contributed by atoms with Crippen LogP contribution in [0.5, 0.6) is 0 Å². The second-order valence-corrected chi connectivity index (χ2v) is 6.08. The fraction of sp³-hybridized carbons (Fsp3) is 0.118. The smallest absolute Gasteiger partial charge is 0.134 e. The lowest BCUT2D eigenvalue weighted by atomic mass is 9.96. The lowest BCUT2D eigenvalue weighted by molar-refractivity contribution is 1.08. The molecule has 4 rings (SSSR count). The Morgan fingerprint density at radius 2 is 1.95 bits per heavy atom. The fourth-order valence-corrected chi connectivity index (χ4v) is 3.43. The van der Waals surface area contributed by atoms with Gasteiger partial charge >= 0.3 is 0 Å². The Balaban J connectivity index is 1.79. The summed E-state index contributed by atoms with van der Waals surface area (Å²) in [6, 6.07) is 14.7. The molecular weight excluding hydrogens is 292 g/mol. The summed E-state index contributed by atoms with van der Waals surface area (Å²) in [5.74, 6) is 1.93. The van der Waals surface area contributed by atoms with Crippen molar-refractivity contribution in [3.8, 4) is 11.1 Å². The highest BCUT2D eigenvalue weighted by Gasteiger charge is 2.14. The van der Waals surface area contributed by atoms with E-state index in [1.165, 1.54) is 17.5 Å². The predicted octanol–water partition coefficient (Wildman–Crippen LogP) is 3.70. The molecule has 0 radical (unpaired) electrons. The first-order valence-corrected chi connectivity index (χ1v) is 8.01. The van der Waals surface area contributed by atoms with Crippen LogP contribution in [0.3, 0.4) is 0 Å². The van der Waals surface area contributed by atoms with Crippen LogP contribution in [-0.2, 0) is 0 Å². The molecule has 0 unspecified atom stereocenters. The second-order valence-electron chi connectivity index (χ2n) is 5.27. The van der Waals surface area contributed by atoms with E-state index < -0.39 is 0 Å². The maximum atomic E-state index is 5.96. The van der Waals surface area contributed by atoms with Gasteiger partial charge in [0.25, 0.3) is 0 Å². The number of nitrogens with zero attached hydrogens (tertiary/aromatic N) is 3. The summed E-state index contributed by atoms with van der Waals surface area (Å²) in [6.45, 7) is 0. The molecule has 1 aliphatic heterocycles. The molecular formula is C17H14N4S. The summed E-state index contributed by atoms with van der Waals surface area (Å²) in [5.41, 5.74) is 10.4. The van der Waals surface area contributed by atoms with E-state index in [1.54, 1.807) is 11.9 Å². The molecule has 0 saturated carbocycles. The number of benzene rings is 2. The van der Waals surface area contributed by atoms with Crippen molar-refractivity contribution >= 4 is 34.9 Å². The summed E-state index contributed by atoms with van der Waals surface area (Å²) in [6.07, 6.45) is 3.52. The number of hydrogen-bond acceptors (Lipinski definition) is 5. The SMILES string of the molecule is Nc1ncnc2ccc(-c3cccc([C@@H]4C=NSC4)c3)cc12. The molecule has 5 heteroatoms. The fourth-order valence-electron chi connectivity index (χ4n) is 2.67. The number of anilines is 1. The largest absolute Gasteiger partial charge is 0.383 e. The Labute approximate surface area is 132 Å². The minimum absolute atomic E-state index is 0.402. The molecule has 3 aromatic rings. The minimum atomic E-state index is 0.402. The van der Waals surface area contributed by atoms with E-state index in [0.29, 0.717) is 11.7 Å². The molecule has 22 heavy (non-hydrogen) atoms. The van der Waals surface area contributed by atoms with Crippen molar-refractivity contribution in [1.82, 2.24) is 9.97 Å². The van der Waals surface area contributed by atoms with Crippen molar-refractivity contribution in [3.63, 3.8) is 0 Å². The van der Waals surface area contributed by atoms with E-state index in [2.05, 4.69) is 50.8 Å². The topological polar surface area (TPSA) is 64.2 Å². The molecule has 0 fully saturated rings. The zero-order chi connectivity index (χ0) is 14.9. The van der Waals surface area contributed by atoms with Crippen LogP contribution in [0.4, 0.5) is 5.82 Å². The van der Waals surface area contributed by atoms with Gasteiger partial charge in [0.15, 0.2) is 0 Å². The van der Waals surface area contributed by atoms with Gasteiger partial charge in [-0.15, -0.1) is 0 Å². The normalized spacial score (nSPS) is 17.2. The third-order valence-electron chi connectivity index (χ3n) is 3.88. The number of rotatable bonds is 2. The average Bonchev–Trinajstić information content (AvgIpc) is 3.10. The lowest BCUT2D eigenvalue weighted by Crippen LogP contribution is -1.99. The van der Waals surface area contributed by atoms with Gasteiger partial charge in [-0.2, -0.15) is 0 Å². The molecule has 4 nitrogen and oxygen atoms in total. The van der Waals surface area contributed by atoms with Gasteiger partial charge in [-0.05, 0) is 40.8 Å². The Hall–Kier alpha value is -2.40. The highest BCUT2D eigenvalue weighted by Crippen LogP contribution is 2.30. The molecule has 1 atom stereocenters. The Morgan fingerprint density at radius 3 is 2.82 bits per heavy atom. The van der Waals surface area contributed by atoms with Crippen LogP contribution in [0.1, 0.15) is 11.5 Å². The number of nitrogens with two attached hydrogens (primary N) is 1. The van der Waals surface area contributed by atoms with E-state index >= 15 is 0 Å². The summed E-state index contributed by atoms with van der Waals surface area (Å²) in [4.78, 5) is 8.32. The van der Waals surface area contributed by atoms with Gasteiger partial charge in [-0.3, -0.25) is 0 Å².